The molecular weight excluding hydrogens is 416 g/mol. The van der Waals surface area contributed by atoms with Gasteiger partial charge in [0, 0.05) is 11.8 Å². The van der Waals surface area contributed by atoms with E-state index >= 15 is 0 Å². The average Bonchev–Trinajstić information content (AvgIpc) is 2.81. The highest BCUT2D eigenvalue weighted by molar-refractivity contribution is 7.98. The minimum Gasteiger partial charge on any atom is -0.497 e. The van der Waals surface area contributed by atoms with E-state index in [1.165, 1.54) is 18.9 Å². The van der Waals surface area contributed by atoms with Crippen molar-refractivity contribution in [1.29, 1.82) is 5.26 Å². The molecule has 9 heteroatoms. The highest BCUT2D eigenvalue weighted by Crippen LogP contribution is 2.25. The number of nitrogens with two attached hydrogens (primary N) is 1. The molecule has 1 aromatic heterocycles. The number of anilines is 1. The van der Waals surface area contributed by atoms with Crippen LogP contribution in [0, 0.1) is 11.3 Å². The fourth-order valence-corrected chi connectivity index (χ4v) is 3.47. The number of esters is 1. The molecule has 3 aromatic rings. The van der Waals surface area contributed by atoms with E-state index in [2.05, 4.69) is 9.97 Å². The van der Waals surface area contributed by atoms with Crippen molar-refractivity contribution in [3.05, 3.63) is 70.9 Å². The predicted octanol–water partition coefficient (Wildman–Crippen LogP) is 3.60. The number of nitriles is 1. The van der Waals surface area contributed by atoms with Gasteiger partial charge in [0.25, 0.3) is 0 Å². The number of thioether (sulfide) groups is 1. The largest absolute Gasteiger partial charge is 0.497 e. The highest BCUT2D eigenvalue weighted by Gasteiger charge is 2.14. The first-order valence-electron chi connectivity index (χ1n) is 9.17. The molecule has 0 aliphatic rings. The molecule has 0 aliphatic heterocycles. The average molecular weight is 436 g/mol. The zero-order chi connectivity index (χ0) is 22.2. The van der Waals surface area contributed by atoms with Crippen LogP contribution in [0.25, 0.3) is 0 Å². The maximum atomic E-state index is 11.5. The second-order valence-electron chi connectivity index (χ2n) is 6.27. The van der Waals surface area contributed by atoms with E-state index in [4.69, 9.17) is 19.9 Å². The fourth-order valence-electron chi connectivity index (χ4n) is 2.64. The normalized spacial score (nSPS) is 10.2. The van der Waals surface area contributed by atoms with Crippen molar-refractivity contribution >= 4 is 23.5 Å². The predicted molar refractivity (Wildman–Crippen MR) is 116 cm³/mol. The molecule has 0 saturated carbocycles. The van der Waals surface area contributed by atoms with Gasteiger partial charge in [-0.25, -0.2) is 14.8 Å². The molecule has 0 unspecified atom stereocenters. The number of carbonyl (C=O) groups excluding carboxylic acids is 1. The quantitative estimate of drug-likeness (QED) is 0.321. The van der Waals surface area contributed by atoms with E-state index in [-0.39, 0.29) is 24.0 Å². The summed E-state index contributed by atoms with van der Waals surface area (Å²) in [5.74, 6) is 1.52. The van der Waals surface area contributed by atoms with Gasteiger partial charge < -0.3 is 19.9 Å². The number of ether oxygens (including phenoxy) is 3. The van der Waals surface area contributed by atoms with Crippen LogP contribution in [0.4, 0.5) is 5.82 Å². The van der Waals surface area contributed by atoms with E-state index < -0.39 is 0 Å². The van der Waals surface area contributed by atoms with Crippen molar-refractivity contribution in [3.63, 3.8) is 0 Å². The van der Waals surface area contributed by atoms with Gasteiger partial charge in [-0.1, -0.05) is 30.0 Å². The highest BCUT2D eigenvalue weighted by atomic mass is 32.2. The van der Waals surface area contributed by atoms with E-state index in [0.717, 1.165) is 5.56 Å². The number of rotatable bonds is 8. The van der Waals surface area contributed by atoms with Gasteiger partial charge in [-0.2, -0.15) is 5.26 Å². The molecule has 158 valence electrons. The van der Waals surface area contributed by atoms with Gasteiger partial charge in [0.2, 0.25) is 0 Å². The molecule has 0 amide bonds. The molecule has 2 N–H and O–H groups in total. The summed E-state index contributed by atoms with van der Waals surface area (Å²) in [5, 5.41) is 9.87. The van der Waals surface area contributed by atoms with Crippen molar-refractivity contribution in [2.75, 3.05) is 20.0 Å². The number of hydrogen-bond acceptors (Lipinski definition) is 9. The van der Waals surface area contributed by atoms with Gasteiger partial charge in [-0.15, -0.1) is 0 Å². The smallest absolute Gasteiger partial charge is 0.337 e. The zero-order valence-corrected chi connectivity index (χ0v) is 17.8. The number of methoxy groups -OCH3 is 2. The lowest BCUT2D eigenvalue weighted by Gasteiger charge is -2.11. The molecular formula is C22H20N4O4S. The lowest BCUT2D eigenvalue weighted by molar-refractivity contribution is 0.0600. The van der Waals surface area contributed by atoms with Crippen LogP contribution in [0.3, 0.4) is 0 Å². The summed E-state index contributed by atoms with van der Waals surface area (Å²) in [6.45, 7) is 0.0597. The number of aromatic nitrogens is 2. The minimum absolute atomic E-state index is 0.0597. The molecule has 1 heterocycles. The van der Waals surface area contributed by atoms with Crippen LogP contribution in [0.15, 0.2) is 53.7 Å². The van der Waals surface area contributed by atoms with Crippen LogP contribution < -0.4 is 15.2 Å². The third-order valence-electron chi connectivity index (χ3n) is 4.26. The van der Waals surface area contributed by atoms with Crippen molar-refractivity contribution < 1.29 is 19.0 Å². The molecule has 0 spiro atoms. The minimum atomic E-state index is -0.386. The second kappa shape index (κ2) is 10.3. The van der Waals surface area contributed by atoms with Crippen LogP contribution in [0.2, 0.25) is 0 Å². The van der Waals surface area contributed by atoms with Gasteiger partial charge in [0.05, 0.1) is 19.8 Å². The van der Waals surface area contributed by atoms with Gasteiger partial charge in [0.1, 0.15) is 41.3 Å². The Bertz CT molecular complexity index is 1110. The van der Waals surface area contributed by atoms with Crippen molar-refractivity contribution in [3.8, 4) is 17.6 Å². The van der Waals surface area contributed by atoms with E-state index in [1.54, 1.807) is 37.4 Å². The van der Waals surface area contributed by atoms with Gasteiger partial charge in [-0.05, 0) is 29.8 Å². The van der Waals surface area contributed by atoms with Crippen LogP contribution in [0.5, 0.6) is 11.5 Å². The third-order valence-corrected chi connectivity index (χ3v) is 5.18. The molecule has 31 heavy (non-hydrogen) atoms. The Balaban J connectivity index is 1.72. The van der Waals surface area contributed by atoms with Crippen molar-refractivity contribution in [2.24, 2.45) is 0 Å². The van der Waals surface area contributed by atoms with Gasteiger partial charge >= 0.3 is 5.97 Å². The maximum Gasteiger partial charge on any atom is 0.337 e. The van der Waals surface area contributed by atoms with E-state index in [9.17, 15) is 10.1 Å². The zero-order valence-electron chi connectivity index (χ0n) is 17.0. The SMILES string of the molecule is COC(=O)c1ccc(CSc2nc(N)c(C#N)c(COc3cccc(OC)c3)n2)cc1. The molecule has 0 radical (unpaired) electrons. The summed E-state index contributed by atoms with van der Waals surface area (Å²) in [7, 11) is 2.92. The van der Waals surface area contributed by atoms with Gasteiger partial charge in [0.15, 0.2) is 5.16 Å². The molecule has 0 atom stereocenters. The molecule has 0 bridgehead atoms. The monoisotopic (exact) mass is 436 g/mol. The fraction of sp³-hybridized carbons (Fsp3) is 0.182. The summed E-state index contributed by atoms with van der Waals surface area (Å²) in [4.78, 5) is 20.2. The second-order valence-corrected chi connectivity index (χ2v) is 7.21. The molecule has 2 aromatic carbocycles. The van der Waals surface area contributed by atoms with Crippen molar-refractivity contribution in [2.45, 2.75) is 17.5 Å². The number of benzene rings is 2. The van der Waals surface area contributed by atoms with Crippen LogP contribution in [-0.4, -0.2) is 30.2 Å². The summed E-state index contributed by atoms with van der Waals surface area (Å²) >= 11 is 1.37. The Morgan fingerprint density at radius 2 is 1.87 bits per heavy atom. The number of carbonyl (C=O) groups is 1. The Morgan fingerprint density at radius 3 is 2.55 bits per heavy atom. The summed E-state index contributed by atoms with van der Waals surface area (Å²) in [6.07, 6.45) is 0. The standard InChI is InChI=1S/C22H20N4O4S/c1-28-16-4-3-5-17(10-16)30-12-19-18(11-23)20(24)26-22(25-19)31-13-14-6-8-15(9-7-14)21(27)29-2/h3-10H,12-13H2,1-2H3,(H2,24,25,26). The molecule has 0 saturated heterocycles. The molecule has 0 fully saturated rings. The van der Waals surface area contributed by atoms with E-state index in [1.807, 2.05) is 24.3 Å². The topological polar surface area (TPSA) is 120 Å². The Morgan fingerprint density at radius 1 is 1.13 bits per heavy atom. The first kappa shape index (κ1) is 21.9. The number of nitrogen functional groups attached to an aromatic ring is 1. The number of hydrogen-bond donors (Lipinski definition) is 1. The third kappa shape index (κ3) is 5.65. The van der Waals surface area contributed by atoms with Crippen LogP contribution >= 0.6 is 11.8 Å². The Labute approximate surface area is 184 Å². The van der Waals surface area contributed by atoms with Crippen LogP contribution in [0.1, 0.15) is 27.2 Å². The van der Waals surface area contributed by atoms with Crippen LogP contribution in [-0.2, 0) is 17.1 Å². The summed E-state index contributed by atoms with van der Waals surface area (Å²) in [6, 6.07) is 16.2. The lowest BCUT2D eigenvalue weighted by Crippen LogP contribution is -2.08. The van der Waals surface area contributed by atoms with Crippen molar-refractivity contribution in [1.82, 2.24) is 9.97 Å². The lowest BCUT2D eigenvalue weighted by atomic mass is 10.1. The first-order valence-corrected chi connectivity index (χ1v) is 10.2. The Hall–Kier alpha value is -3.77. The number of nitrogens with zero attached hydrogens (tertiary/aromatic N) is 3. The first-order chi connectivity index (χ1) is 15.0. The van der Waals surface area contributed by atoms with E-state index in [0.29, 0.717) is 33.7 Å². The Kier molecular flexibility index (Phi) is 7.30. The summed E-state index contributed by atoms with van der Waals surface area (Å²) in [5.41, 5.74) is 8.01. The summed E-state index contributed by atoms with van der Waals surface area (Å²) < 4.78 is 15.6. The molecule has 8 nitrogen and oxygen atoms in total. The molecule has 3 rings (SSSR count). The maximum absolute atomic E-state index is 11.5. The molecule has 0 aliphatic carbocycles. The van der Waals surface area contributed by atoms with Gasteiger partial charge in [-0.3, -0.25) is 0 Å².